The highest BCUT2D eigenvalue weighted by atomic mass is 16.2. The zero-order valence-electron chi connectivity index (χ0n) is 19.6. The maximum absolute atomic E-state index is 13.1. The first-order valence-electron chi connectivity index (χ1n) is 12.0. The quantitative estimate of drug-likeness (QED) is 0.498. The van der Waals surface area contributed by atoms with Gasteiger partial charge in [0.05, 0.1) is 27.8 Å². The number of nitrogens with two attached hydrogens (primary N) is 1. The van der Waals surface area contributed by atoms with E-state index in [-0.39, 0.29) is 11.9 Å². The molecule has 0 saturated heterocycles. The molecule has 1 amide bonds. The summed E-state index contributed by atoms with van der Waals surface area (Å²) >= 11 is 0. The van der Waals surface area contributed by atoms with E-state index in [2.05, 4.69) is 33.4 Å². The van der Waals surface area contributed by atoms with Crippen LogP contribution in [0, 0.1) is 17.2 Å². The SMILES string of the molecule is C[C@@H](N)CN1CCc2cc3c(cc2C1=O)nc(-c1cc2cccc(C#N)c2n1CC1CC1)n3C. The Morgan fingerprint density at radius 1 is 1.26 bits per heavy atom. The first-order chi connectivity index (χ1) is 16.4. The van der Waals surface area contributed by atoms with E-state index < -0.39 is 0 Å². The Bertz CT molecular complexity index is 1500. The van der Waals surface area contributed by atoms with Gasteiger partial charge < -0.3 is 19.8 Å². The lowest BCUT2D eigenvalue weighted by molar-refractivity contribution is 0.0732. The van der Waals surface area contributed by atoms with Crippen molar-refractivity contribution in [1.82, 2.24) is 19.0 Å². The average molecular weight is 453 g/mol. The van der Waals surface area contributed by atoms with Gasteiger partial charge in [0.15, 0.2) is 5.82 Å². The molecular weight excluding hydrogens is 424 g/mol. The van der Waals surface area contributed by atoms with Crippen molar-refractivity contribution in [3.05, 3.63) is 53.1 Å². The Morgan fingerprint density at radius 2 is 2.09 bits per heavy atom. The molecule has 7 heteroatoms. The number of imidazole rings is 1. The summed E-state index contributed by atoms with van der Waals surface area (Å²) in [6.45, 7) is 4.07. The average Bonchev–Trinajstić information content (AvgIpc) is 3.49. The molecule has 1 aliphatic carbocycles. The normalized spacial score (nSPS) is 16.8. The van der Waals surface area contributed by atoms with E-state index in [4.69, 9.17) is 10.7 Å². The number of amides is 1. The molecule has 0 spiro atoms. The standard InChI is InChI=1S/C27H28N6O/c1-16(29)14-32-9-8-18-10-23-22(12-21(18)27(32)34)30-26(31(23)2)24-11-19-4-3-5-20(13-28)25(19)33(24)15-17-6-7-17/h3-5,10-12,16-17H,6-9,14-15,29H2,1-2H3/t16-/m1/s1. The van der Waals surface area contributed by atoms with Crippen LogP contribution in [0.5, 0.6) is 0 Å². The third-order valence-electron chi connectivity index (χ3n) is 7.19. The van der Waals surface area contributed by atoms with Crippen LogP contribution in [0.15, 0.2) is 36.4 Å². The van der Waals surface area contributed by atoms with Crippen molar-refractivity contribution in [2.24, 2.45) is 18.7 Å². The Hall–Kier alpha value is -3.63. The highest BCUT2D eigenvalue weighted by molar-refractivity contribution is 6.01. The van der Waals surface area contributed by atoms with Gasteiger partial charge in [-0.25, -0.2) is 4.98 Å². The molecule has 0 bridgehead atoms. The maximum Gasteiger partial charge on any atom is 0.254 e. The van der Waals surface area contributed by atoms with Crippen molar-refractivity contribution in [2.45, 2.75) is 38.8 Å². The van der Waals surface area contributed by atoms with E-state index in [1.807, 2.05) is 37.1 Å². The van der Waals surface area contributed by atoms with Crippen LogP contribution in [0.25, 0.3) is 33.5 Å². The summed E-state index contributed by atoms with van der Waals surface area (Å²) in [5, 5.41) is 10.8. The van der Waals surface area contributed by atoms with Crippen LogP contribution in [-0.4, -0.2) is 44.1 Å². The van der Waals surface area contributed by atoms with Gasteiger partial charge in [0.1, 0.15) is 6.07 Å². The van der Waals surface area contributed by atoms with Crippen LogP contribution < -0.4 is 5.73 Å². The lowest BCUT2D eigenvalue weighted by Crippen LogP contribution is -2.43. The maximum atomic E-state index is 13.1. The molecule has 7 nitrogen and oxygen atoms in total. The van der Waals surface area contributed by atoms with Gasteiger partial charge in [0.2, 0.25) is 0 Å². The number of para-hydroxylation sites is 1. The van der Waals surface area contributed by atoms with E-state index in [0.29, 0.717) is 24.6 Å². The molecule has 1 atom stereocenters. The molecule has 2 aromatic heterocycles. The van der Waals surface area contributed by atoms with Crippen LogP contribution in [-0.2, 0) is 20.0 Å². The summed E-state index contributed by atoms with van der Waals surface area (Å²) < 4.78 is 4.40. The summed E-state index contributed by atoms with van der Waals surface area (Å²) in [6.07, 6.45) is 3.27. The number of aromatic nitrogens is 3. The molecule has 2 N–H and O–H groups in total. The smallest absolute Gasteiger partial charge is 0.254 e. The van der Waals surface area contributed by atoms with Crippen LogP contribution in [0.2, 0.25) is 0 Å². The fourth-order valence-corrected chi connectivity index (χ4v) is 5.31. The summed E-state index contributed by atoms with van der Waals surface area (Å²) in [5.41, 5.74) is 12.3. The van der Waals surface area contributed by atoms with Gasteiger partial charge in [-0.1, -0.05) is 12.1 Å². The van der Waals surface area contributed by atoms with Gasteiger partial charge in [-0.05, 0) is 61.9 Å². The number of benzene rings is 2. The molecular formula is C27H28N6O. The summed E-state index contributed by atoms with van der Waals surface area (Å²) in [7, 11) is 2.04. The van der Waals surface area contributed by atoms with E-state index in [1.54, 1.807) is 0 Å². The Labute approximate surface area is 198 Å². The van der Waals surface area contributed by atoms with Crippen molar-refractivity contribution >= 4 is 27.8 Å². The van der Waals surface area contributed by atoms with Gasteiger partial charge in [-0.15, -0.1) is 0 Å². The lowest BCUT2D eigenvalue weighted by atomic mass is 9.97. The molecule has 1 fully saturated rings. The lowest BCUT2D eigenvalue weighted by Gasteiger charge is -2.29. The van der Waals surface area contributed by atoms with Crippen molar-refractivity contribution in [2.75, 3.05) is 13.1 Å². The zero-order chi connectivity index (χ0) is 23.6. The number of carbonyl (C=O) groups excluding carboxylic acids is 1. The minimum absolute atomic E-state index is 0.0363. The van der Waals surface area contributed by atoms with Crippen molar-refractivity contribution in [3.8, 4) is 17.6 Å². The van der Waals surface area contributed by atoms with Crippen LogP contribution >= 0.6 is 0 Å². The number of hydrogen-bond donors (Lipinski definition) is 1. The van der Waals surface area contributed by atoms with Crippen LogP contribution in [0.4, 0.5) is 0 Å². The minimum atomic E-state index is -0.0534. The Morgan fingerprint density at radius 3 is 2.82 bits per heavy atom. The number of aryl methyl sites for hydroxylation is 1. The molecule has 34 heavy (non-hydrogen) atoms. The zero-order valence-corrected chi connectivity index (χ0v) is 19.6. The van der Waals surface area contributed by atoms with Gasteiger partial charge in [-0.2, -0.15) is 5.26 Å². The van der Waals surface area contributed by atoms with Crippen LogP contribution in [0.3, 0.4) is 0 Å². The first-order valence-corrected chi connectivity index (χ1v) is 12.0. The van der Waals surface area contributed by atoms with Crippen molar-refractivity contribution in [1.29, 1.82) is 5.26 Å². The Kier molecular flexibility index (Phi) is 4.75. The third-order valence-corrected chi connectivity index (χ3v) is 7.19. The fraction of sp³-hybridized carbons (Fsp3) is 0.370. The van der Waals surface area contributed by atoms with Crippen molar-refractivity contribution in [3.63, 3.8) is 0 Å². The van der Waals surface area contributed by atoms with Gasteiger partial charge >= 0.3 is 0 Å². The second-order valence-electron chi connectivity index (χ2n) is 9.91. The molecule has 6 rings (SSSR count). The van der Waals surface area contributed by atoms with E-state index in [9.17, 15) is 10.1 Å². The molecule has 172 valence electrons. The second-order valence-corrected chi connectivity index (χ2v) is 9.91. The minimum Gasteiger partial charge on any atom is -0.337 e. The number of nitrogens with zero attached hydrogens (tertiary/aromatic N) is 5. The van der Waals surface area contributed by atoms with E-state index >= 15 is 0 Å². The molecule has 1 saturated carbocycles. The predicted octanol–water partition coefficient (Wildman–Crippen LogP) is 3.82. The molecule has 0 radical (unpaired) electrons. The highest BCUT2D eigenvalue weighted by Crippen LogP contribution is 2.37. The van der Waals surface area contributed by atoms with Gasteiger partial charge in [0, 0.05) is 43.7 Å². The number of hydrogen-bond acceptors (Lipinski definition) is 4. The van der Waals surface area contributed by atoms with E-state index in [0.717, 1.165) is 57.5 Å². The Balaban J connectivity index is 1.51. The first kappa shape index (κ1) is 20.9. The third kappa shape index (κ3) is 3.29. The molecule has 3 heterocycles. The van der Waals surface area contributed by atoms with Crippen molar-refractivity contribution < 1.29 is 4.79 Å². The molecule has 2 aromatic carbocycles. The largest absolute Gasteiger partial charge is 0.337 e. The topological polar surface area (TPSA) is 92.9 Å². The highest BCUT2D eigenvalue weighted by Gasteiger charge is 2.28. The number of nitriles is 1. The number of rotatable bonds is 5. The molecule has 1 aliphatic heterocycles. The number of carbonyl (C=O) groups is 1. The fourth-order valence-electron chi connectivity index (χ4n) is 5.31. The summed E-state index contributed by atoms with van der Waals surface area (Å²) in [6, 6.07) is 14.4. The second kappa shape index (κ2) is 7.71. The molecule has 2 aliphatic rings. The monoisotopic (exact) mass is 452 g/mol. The molecule has 0 unspecified atom stereocenters. The van der Waals surface area contributed by atoms with Gasteiger partial charge in [0.25, 0.3) is 5.91 Å². The molecule has 4 aromatic rings. The van der Waals surface area contributed by atoms with Gasteiger partial charge in [-0.3, -0.25) is 4.79 Å². The summed E-state index contributed by atoms with van der Waals surface area (Å²) in [5.74, 6) is 1.55. The summed E-state index contributed by atoms with van der Waals surface area (Å²) in [4.78, 5) is 20.0. The number of fused-ring (bicyclic) bond motifs is 3. The predicted molar refractivity (Wildman–Crippen MR) is 132 cm³/mol. The van der Waals surface area contributed by atoms with Crippen LogP contribution in [0.1, 0.15) is 41.3 Å². The van der Waals surface area contributed by atoms with E-state index in [1.165, 1.54) is 12.8 Å².